The number of piperidine rings is 1. The Morgan fingerprint density at radius 2 is 2.26 bits per heavy atom. The van der Waals surface area contributed by atoms with E-state index < -0.39 is 0 Å². The molecule has 122 valence electrons. The van der Waals surface area contributed by atoms with Crippen LogP contribution in [0.15, 0.2) is 24.0 Å². The number of ether oxygens (including phenoxy) is 1. The van der Waals surface area contributed by atoms with Gasteiger partial charge < -0.3 is 9.64 Å². The maximum atomic E-state index is 12.5. The summed E-state index contributed by atoms with van der Waals surface area (Å²) in [6, 6.07) is 1.77. The Morgan fingerprint density at radius 1 is 1.48 bits per heavy atom. The first kappa shape index (κ1) is 16.2. The third-order valence-corrected chi connectivity index (χ3v) is 5.25. The van der Waals surface area contributed by atoms with Gasteiger partial charge in [-0.1, -0.05) is 11.6 Å². The van der Waals surface area contributed by atoms with E-state index in [9.17, 15) is 4.79 Å². The predicted molar refractivity (Wildman–Crippen MR) is 90.2 cm³/mol. The SMILES string of the molecule is Cc1ncsc1C(=O)N1CCC(COc2ccncc2Cl)CC1. The van der Waals surface area contributed by atoms with Crippen molar-refractivity contribution in [1.29, 1.82) is 0 Å². The molecule has 5 nitrogen and oxygen atoms in total. The van der Waals surface area contributed by atoms with Gasteiger partial charge in [0.1, 0.15) is 15.6 Å². The molecule has 0 radical (unpaired) electrons. The molecule has 2 aromatic heterocycles. The lowest BCUT2D eigenvalue weighted by molar-refractivity contribution is 0.0665. The van der Waals surface area contributed by atoms with Crippen LogP contribution in [0.1, 0.15) is 28.2 Å². The van der Waals surface area contributed by atoms with Crippen molar-refractivity contribution < 1.29 is 9.53 Å². The number of aromatic nitrogens is 2. The largest absolute Gasteiger partial charge is 0.492 e. The van der Waals surface area contributed by atoms with Crippen LogP contribution in [0.3, 0.4) is 0 Å². The van der Waals surface area contributed by atoms with Gasteiger partial charge in [-0.15, -0.1) is 11.3 Å². The molecule has 3 heterocycles. The molecule has 1 saturated heterocycles. The standard InChI is InChI=1S/C16H18ClN3O2S/c1-11-15(23-10-19-11)16(21)20-6-3-12(4-7-20)9-22-14-2-5-18-8-13(14)17/h2,5,8,10,12H,3-4,6-7,9H2,1H3. The monoisotopic (exact) mass is 351 g/mol. The number of pyridine rings is 1. The van der Waals surface area contributed by atoms with Gasteiger partial charge in [0.15, 0.2) is 0 Å². The predicted octanol–water partition coefficient (Wildman–Crippen LogP) is 3.43. The van der Waals surface area contributed by atoms with Crippen LogP contribution in [-0.4, -0.2) is 40.5 Å². The smallest absolute Gasteiger partial charge is 0.265 e. The van der Waals surface area contributed by atoms with Gasteiger partial charge in [-0.25, -0.2) is 4.98 Å². The molecule has 0 N–H and O–H groups in total. The molecule has 1 aliphatic heterocycles. The third-order valence-electron chi connectivity index (χ3n) is 4.05. The number of likely N-dealkylation sites (tertiary alicyclic amines) is 1. The minimum absolute atomic E-state index is 0.0987. The van der Waals surface area contributed by atoms with Crippen LogP contribution in [0, 0.1) is 12.8 Å². The van der Waals surface area contributed by atoms with E-state index in [1.165, 1.54) is 11.3 Å². The van der Waals surface area contributed by atoms with Gasteiger partial charge in [0.05, 0.1) is 17.8 Å². The summed E-state index contributed by atoms with van der Waals surface area (Å²) in [6.07, 6.45) is 5.12. The number of carbonyl (C=O) groups is 1. The number of hydrogen-bond acceptors (Lipinski definition) is 5. The number of aryl methyl sites for hydroxylation is 1. The lowest BCUT2D eigenvalue weighted by Crippen LogP contribution is -2.39. The highest BCUT2D eigenvalue weighted by Crippen LogP contribution is 2.25. The summed E-state index contributed by atoms with van der Waals surface area (Å²) in [5.41, 5.74) is 2.54. The van der Waals surface area contributed by atoms with E-state index in [4.69, 9.17) is 16.3 Å². The Labute approximate surface area is 144 Å². The zero-order valence-electron chi connectivity index (χ0n) is 12.9. The minimum Gasteiger partial charge on any atom is -0.492 e. The number of rotatable bonds is 4. The summed E-state index contributed by atoms with van der Waals surface area (Å²) in [5, 5.41) is 0.529. The molecular weight excluding hydrogens is 334 g/mol. The van der Waals surface area contributed by atoms with Crippen LogP contribution in [0.5, 0.6) is 5.75 Å². The molecular formula is C16H18ClN3O2S. The number of nitrogens with zero attached hydrogens (tertiary/aromatic N) is 3. The van der Waals surface area contributed by atoms with Crippen LogP contribution < -0.4 is 4.74 Å². The summed E-state index contributed by atoms with van der Waals surface area (Å²) < 4.78 is 5.78. The molecule has 1 fully saturated rings. The van der Waals surface area contributed by atoms with Gasteiger partial charge in [0.25, 0.3) is 5.91 Å². The van der Waals surface area contributed by atoms with Crippen LogP contribution in [0.4, 0.5) is 0 Å². The first-order valence-corrected chi connectivity index (χ1v) is 8.82. The fraction of sp³-hybridized carbons (Fsp3) is 0.438. The van der Waals surface area contributed by atoms with E-state index in [1.54, 1.807) is 24.0 Å². The van der Waals surface area contributed by atoms with Gasteiger partial charge in [0.2, 0.25) is 0 Å². The van der Waals surface area contributed by atoms with E-state index in [1.807, 2.05) is 11.8 Å². The fourth-order valence-electron chi connectivity index (χ4n) is 2.64. The molecule has 3 rings (SSSR count). The number of hydrogen-bond donors (Lipinski definition) is 0. The van der Waals surface area contributed by atoms with Crippen molar-refractivity contribution in [3.63, 3.8) is 0 Å². The highest BCUT2D eigenvalue weighted by atomic mass is 35.5. The normalized spacial score (nSPS) is 15.7. The van der Waals surface area contributed by atoms with Crippen molar-refractivity contribution in [1.82, 2.24) is 14.9 Å². The van der Waals surface area contributed by atoms with Gasteiger partial charge in [-0.3, -0.25) is 9.78 Å². The molecule has 0 saturated carbocycles. The summed E-state index contributed by atoms with van der Waals surface area (Å²) in [4.78, 5) is 23.2. The second-order valence-corrected chi connectivity index (χ2v) is 6.88. The number of amides is 1. The van der Waals surface area contributed by atoms with Crippen LogP contribution in [0.2, 0.25) is 5.02 Å². The van der Waals surface area contributed by atoms with Crippen molar-refractivity contribution in [3.05, 3.63) is 39.6 Å². The molecule has 1 amide bonds. The zero-order chi connectivity index (χ0) is 16.2. The van der Waals surface area contributed by atoms with E-state index in [0.29, 0.717) is 23.3 Å². The molecule has 0 unspecified atom stereocenters. The van der Waals surface area contributed by atoms with Gasteiger partial charge in [-0.2, -0.15) is 0 Å². The number of thiazole rings is 1. The Bertz CT molecular complexity index is 683. The van der Waals surface area contributed by atoms with Gasteiger partial charge >= 0.3 is 0 Å². The average Bonchev–Trinajstić information content (AvgIpc) is 3.00. The molecule has 0 atom stereocenters. The van der Waals surface area contributed by atoms with Crippen molar-refractivity contribution in [3.8, 4) is 5.75 Å². The van der Waals surface area contributed by atoms with Crippen molar-refractivity contribution in [2.24, 2.45) is 5.92 Å². The Hall–Kier alpha value is -1.66. The lowest BCUT2D eigenvalue weighted by atomic mass is 9.97. The van der Waals surface area contributed by atoms with E-state index in [2.05, 4.69) is 9.97 Å². The maximum Gasteiger partial charge on any atom is 0.265 e. The Morgan fingerprint density at radius 3 is 2.91 bits per heavy atom. The van der Waals surface area contributed by atoms with Gasteiger partial charge in [0, 0.05) is 31.5 Å². The van der Waals surface area contributed by atoms with Crippen molar-refractivity contribution >= 4 is 28.8 Å². The molecule has 7 heteroatoms. The quantitative estimate of drug-likeness (QED) is 0.846. The first-order valence-electron chi connectivity index (χ1n) is 7.57. The molecule has 23 heavy (non-hydrogen) atoms. The molecule has 0 spiro atoms. The topological polar surface area (TPSA) is 55.3 Å². The van der Waals surface area contributed by atoms with E-state index in [-0.39, 0.29) is 5.91 Å². The van der Waals surface area contributed by atoms with E-state index >= 15 is 0 Å². The van der Waals surface area contributed by atoms with Crippen LogP contribution in [-0.2, 0) is 0 Å². The second-order valence-electron chi connectivity index (χ2n) is 5.62. The Balaban J connectivity index is 1.50. The van der Waals surface area contributed by atoms with Crippen molar-refractivity contribution in [2.45, 2.75) is 19.8 Å². The van der Waals surface area contributed by atoms with Gasteiger partial charge in [-0.05, 0) is 25.7 Å². The van der Waals surface area contributed by atoms with Crippen LogP contribution >= 0.6 is 22.9 Å². The number of halogens is 1. The van der Waals surface area contributed by atoms with Crippen LogP contribution in [0.25, 0.3) is 0 Å². The summed E-state index contributed by atoms with van der Waals surface area (Å²) in [5.74, 6) is 1.20. The maximum absolute atomic E-state index is 12.5. The van der Waals surface area contributed by atoms with E-state index in [0.717, 1.165) is 36.5 Å². The lowest BCUT2D eigenvalue weighted by Gasteiger charge is -2.31. The fourth-order valence-corrected chi connectivity index (χ4v) is 3.58. The molecule has 2 aromatic rings. The average molecular weight is 352 g/mol. The molecule has 0 aliphatic carbocycles. The third kappa shape index (κ3) is 3.82. The molecule has 0 bridgehead atoms. The molecule has 0 aromatic carbocycles. The summed E-state index contributed by atoms with van der Waals surface area (Å²) >= 11 is 7.45. The zero-order valence-corrected chi connectivity index (χ0v) is 14.4. The summed E-state index contributed by atoms with van der Waals surface area (Å²) in [6.45, 7) is 4.01. The minimum atomic E-state index is 0.0987. The highest BCUT2D eigenvalue weighted by molar-refractivity contribution is 7.11. The highest BCUT2D eigenvalue weighted by Gasteiger charge is 2.26. The van der Waals surface area contributed by atoms with Crippen molar-refractivity contribution in [2.75, 3.05) is 19.7 Å². The second kappa shape index (κ2) is 7.27. The Kier molecular flexibility index (Phi) is 5.13. The number of carbonyl (C=O) groups excluding carboxylic acids is 1. The first-order chi connectivity index (χ1) is 11.1. The molecule has 1 aliphatic rings. The summed E-state index contributed by atoms with van der Waals surface area (Å²) in [7, 11) is 0.